The third-order valence-corrected chi connectivity index (χ3v) is 5.50. The van der Waals surface area contributed by atoms with Gasteiger partial charge in [0.25, 0.3) is 0 Å². The fourth-order valence-corrected chi connectivity index (χ4v) is 3.93. The Hall–Kier alpha value is -2.12. The molecule has 1 N–H and O–H groups in total. The third kappa shape index (κ3) is 4.95. The van der Waals surface area contributed by atoms with Crippen LogP contribution < -0.4 is 14.2 Å². The van der Waals surface area contributed by atoms with Gasteiger partial charge < -0.3 is 9.47 Å². The minimum absolute atomic E-state index is 0.00857. The summed E-state index contributed by atoms with van der Waals surface area (Å²) in [7, 11) is -3.35. The van der Waals surface area contributed by atoms with Crippen molar-refractivity contribution in [1.29, 1.82) is 0 Å². The summed E-state index contributed by atoms with van der Waals surface area (Å²) in [5.74, 6) is 1.46. The molecule has 0 saturated heterocycles. The molecule has 26 heavy (non-hydrogen) atoms. The van der Waals surface area contributed by atoms with Gasteiger partial charge in [-0.15, -0.1) is 0 Å². The van der Waals surface area contributed by atoms with E-state index >= 15 is 0 Å². The van der Waals surface area contributed by atoms with Gasteiger partial charge in [0.2, 0.25) is 10.0 Å². The van der Waals surface area contributed by atoms with Crippen LogP contribution in [0, 0.1) is 0 Å². The maximum absolute atomic E-state index is 12.1. The van der Waals surface area contributed by atoms with Gasteiger partial charge in [-0.2, -0.15) is 0 Å². The van der Waals surface area contributed by atoms with Gasteiger partial charge in [0.05, 0.1) is 12.4 Å². The van der Waals surface area contributed by atoms with Crippen LogP contribution >= 0.6 is 0 Å². The molecule has 1 aliphatic heterocycles. The second-order valence-corrected chi connectivity index (χ2v) is 8.91. The van der Waals surface area contributed by atoms with E-state index in [2.05, 4.69) is 9.71 Å². The van der Waals surface area contributed by atoms with E-state index in [0.717, 1.165) is 23.3 Å². The van der Waals surface area contributed by atoms with E-state index in [1.165, 1.54) is 0 Å². The maximum Gasteiger partial charge on any atom is 0.212 e. The van der Waals surface area contributed by atoms with E-state index in [4.69, 9.17) is 9.47 Å². The predicted octanol–water partition coefficient (Wildman–Crippen LogP) is 2.68. The summed E-state index contributed by atoms with van der Waals surface area (Å²) in [6.45, 7) is 4.63. The Morgan fingerprint density at radius 2 is 2.12 bits per heavy atom. The highest BCUT2D eigenvalue weighted by Gasteiger charge is 2.32. The number of nitrogens with zero attached hydrogens (tertiary/aromatic N) is 1. The molecule has 0 unspecified atom stereocenters. The fourth-order valence-electron chi connectivity index (χ4n) is 2.90. The van der Waals surface area contributed by atoms with Crippen molar-refractivity contribution < 1.29 is 17.9 Å². The van der Waals surface area contributed by atoms with Gasteiger partial charge in [-0.3, -0.25) is 4.98 Å². The molecular weight excluding hydrogens is 352 g/mol. The summed E-state index contributed by atoms with van der Waals surface area (Å²) in [5.41, 5.74) is 1.71. The van der Waals surface area contributed by atoms with Crippen LogP contribution in [-0.2, 0) is 23.0 Å². The molecule has 0 amide bonds. The van der Waals surface area contributed by atoms with Crippen molar-refractivity contribution >= 4 is 10.0 Å². The average molecular weight is 376 g/mol. The van der Waals surface area contributed by atoms with Crippen LogP contribution in [0.15, 0.2) is 42.7 Å². The Kier molecular flexibility index (Phi) is 5.48. The topological polar surface area (TPSA) is 77.5 Å². The van der Waals surface area contributed by atoms with Gasteiger partial charge in [0, 0.05) is 30.9 Å². The summed E-state index contributed by atoms with van der Waals surface area (Å²) < 4.78 is 38.5. The third-order valence-electron chi connectivity index (χ3n) is 4.09. The fraction of sp³-hybridized carbons (Fsp3) is 0.421. The second kappa shape index (κ2) is 7.63. The molecule has 0 radical (unpaired) electrons. The molecule has 0 bridgehead atoms. The Morgan fingerprint density at radius 1 is 1.27 bits per heavy atom. The molecule has 0 spiro atoms. The lowest BCUT2D eigenvalue weighted by Crippen LogP contribution is -2.26. The molecule has 1 aromatic heterocycles. The lowest BCUT2D eigenvalue weighted by Gasteiger charge is -2.18. The number of hydrogen-bond acceptors (Lipinski definition) is 5. The van der Waals surface area contributed by atoms with Crippen molar-refractivity contribution in [3.05, 3.63) is 53.9 Å². The molecule has 2 aromatic rings. The van der Waals surface area contributed by atoms with Crippen LogP contribution in [0.25, 0.3) is 0 Å². The summed E-state index contributed by atoms with van der Waals surface area (Å²) in [5, 5.41) is 0. The maximum atomic E-state index is 12.1. The minimum atomic E-state index is -3.35. The van der Waals surface area contributed by atoms with Crippen LogP contribution in [-0.4, -0.2) is 31.4 Å². The van der Waals surface area contributed by atoms with Crippen LogP contribution in [0.3, 0.4) is 0 Å². The van der Waals surface area contributed by atoms with Crippen LogP contribution in [0.2, 0.25) is 0 Å². The van der Waals surface area contributed by atoms with Crippen LogP contribution in [0.4, 0.5) is 0 Å². The van der Waals surface area contributed by atoms with E-state index < -0.39 is 10.0 Å². The average Bonchev–Trinajstić information content (AvgIpc) is 2.92. The Morgan fingerprint density at radius 3 is 2.88 bits per heavy atom. The minimum Gasteiger partial charge on any atom is -0.490 e. The first kappa shape index (κ1) is 18.7. The first-order valence-electron chi connectivity index (χ1n) is 8.65. The van der Waals surface area contributed by atoms with Crippen molar-refractivity contribution in [2.24, 2.45) is 0 Å². The number of ether oxygens (including phenoxy) is 2. The molecule has 140 valence electrons. The van der Waals surface area contributed by atoms with Gasteiger partial charge >= 0.3 is 0 Å². The second-order valence-electron chi connectivity index (χ2n) is 6.99. The number of pyridine rings is 1. The quantitative estimate of drug-likeness (QED) is 0.717. The van der Waals surface area contributed by atoms with E-state index in [1.54, 1.807) is 18.5 Å². The summed E-state index contributed by atoms with van der Waals surface area (Å²) in [6.07, 6.45) is 4.53. The van der Waals surface area contributed by atoms with E-state index in [-0.39, 0.29) is 17.9 Å². The zero-order chi connectivity index (χ0) is 18.6. The molecule has 0 aliphatic carbocycles. The first-order chi connectivity index (χ1) is 12.3. The van der Waals surface area contributed by atoms with Gasteiger partial charge in [-0.05, 0) is 38.0 Å². The number of benzene rings is 1. The number of sulfonamides is 1. The SMILES string of the molecule is CC1(C)Cc2cccc(OCCCS(=O)(=O)NCc3cccnc3)c2O1. The Labute approximate surface area is 154 Å². The zero-order valence-corrected chi connectivity index (χ0v) is 15.9. The van der Waals surface area contributed by atoms with Crippen molar-refractivity contribution in [1.82, 2.24) is 9.71 Å². The Bertz CT molecular complexity index is 851. The smallest absolute Gasteiger partial charge is 0.212 e. The van der Waals surface area contributed by atoms with Crippen LogP contribution in [0.5, 0.6) is 11.5 Å². The number of para-hydroxylation sites is 1. The number of rotatable bonds is 8. The number of aromatic nitrogens is 1. The van der Waals surface area contributed by atoms with Crippen molar-refractivity contribution in [3.8, 4) is 11.5 Å². The number of nitrogens with one attached hydrogen (secondary N) is 1. The van der Waals surface area contributed by atoms with Gasteiger partial charge in [0.15, 0.2) is 11.5 Å². The van der Waals surface area contributed by atoms with Crippen molar-refractivity contribution in [2.45, 2.75) is 38.8 Å². The van der Waals surface area contributed by atoms with Crippen molar-refractivity contribution in [2.75, 3.05) is 12.4 Å². The highest BCUT2D eigenvalue weighted by atomic mass is 32.2. The molecule has 6 nitrogen and oxygen atoms in total. The highest BCUT2D eigenvalue weighted by Crippen LogP contribution is 2.41. The normalized spacial score (nSPS) is 15.3. The largest absolute Gasteiger partial charge is 0.490 e. The predicted molar refractivity (Wildman–Crippen MR) is 99.8 cm³/mol. The van der Waals surface area contributed by atoms with Gasteiger partial charge in [0.1, 0.15) is 5.60 Å². The standard InChI is InChI=1S/C19H24N2O4S/c1-19(2)12-16-7-3-8-17(18(16)25-19)24-10-5-11-26(22,23)21-14-15-6-4-9-20-13-15/h3-4,6-9,13,21H,5,10-12,14H2,1-2H3. The molecule has 7 heteroatoms. The van der Waals surface area contributed by atoms with Gasteiger partial charge in [-0.1, -0.05) is 18.2 Å². The zero-order valence-electron chi connectivity index (χ0n) is 15.1. The van der Waals surface area contributed by atoms with E-state index in [9.17, 15) is 8.42 Å². The lowest BCUT2D eigenvalue weighted by molar-refractivity contribution is 0.132. The van der Waals surface area contributed by atoms with Crippen LogP contribution in [0.1, 0.15) is 31.4 Å². The molecule has 0 atom stereocenters. The van der Waals surface area contributed by atoms with E-state index in [1.807, 2.05) is 38.1 Å². The summed E-state index contributed by atoms with van der Waals surface area (Å²) >= 11 is 0. The highest BCUT2D eigenvalue weighted by molar-refractivity contribution is 7.89. The molecule has 1 aromatic carbocycles. The molecule has 0 fully saturated rings. The number of fused-ring (bicyclic) bond motifs is 1. The number of hydrogen-bond donors (Lipinski definition) is 1. The van der Waals surface area contributed by atoms with Crippen molar-refractivity contribution in [3.63, 3.8) is 0 Å². The first-order valence-corrected chi connectivity index (χ1v) is 10.3. The van der Waals surface area contributed by atoms with Gasteiger partial charge in [-0.25, -0.2) is 13.1 Å². The molecule has 3 rings (SSSR count). The molecular formula is C19H24N2O4S. The molecule has 1 aliphatic rings. The Balaban J connectivity index is 1.47. The molecule has 0 saturated carbocycles. The lowest BCUT2D eigenvalue weighted by atomic mass is 10.0. The summed E-state index contributed by atoms with van der Waals surface area (Å²) in [4.78, 5) is 3.97. The monoisotopic (exact) mass is 376 g/mol. The van der Waals surface area contributed by atoms with E-state index in [0.29, 0.717) is 18.8 Å². The summed E-state index contributed by atoms with van der Waals surface area (Å²) in [6, 6.07) is 9.43. The molecule has 2 heterocycles.